The Hall–Kier alpha value is -1.18. The highest BCUT2D eigenvalue weighted by molar-refractivity contribution is 9.10. The van der Waals surface area contributed by atoms with Gasteiger partial charge in [0.15, 0.2) is 5.79 Å². The molecule has 0 N–H and O–H groups in total. The number of piperidine rings is 1. The fourth-order valence-electron chi connectivity index (χ4n) is 2.78. The van der Waals surface area contributed by atoms with Gasteiger partial charge in [-0.3, -0.25) is 10.1 Å². The van der Waals surface area contributed by atoms with Gasteiger partial charge < -0.3 is 14.4 Å². The first-order chi connectivity index (χ1) is 9.60. The van der Waals surface area contributed by atoms with Crippen molar-refractivity contribution in [3.63, 3.8) is 0 Å². The largest absolute Gasteiger partial charge is 0.366 e. The van der Waals surface area contributed by atoms with Crippen LogP contribution in [0.5, 0.6) is 0 Å². The highest BCUT2D eigenvalue weighted by Crippen LogP contribution is 2.37. The Morgan fingerprint density at radius 2 is 1.90 bits per heavy atom. The minimum atomic E-state index is -0.458. The summed E-state index contributed by atoms with van der Waals surface area (Å²) in [5, 5.41) is 11.2. The number of nitrogens with zero attached hydrogens (tertiary/aromatic N) is 2. The van der Waals surface area contributed by atoms with Gasteiger partial charge in [0.2, 0.25) is 0 Å². The molecule has 1 aromatic rings. The Morgan fingerprint density at radius 1 is 1.25 bits per heavy atom. The standard InChI is InChI=1S/C13H15BrN2O4/c14-10-1-2-11(12(9-10)16(17)18)15-5-3-13(4-6-15)19-7-8-20-13/h1-2,9H,3-8H2. The molecule has 2 saturated heterocycles. The number of halogens is 1. The molecule has 3 rings (SSSR count). The predicted octanol–water partition coefficient (Wildman–Crippen LogP) is 2.70. The van der Waals surface area contributed by atoms with Crippen LogP contribution in [-0.4, -0.2) is 37.0 Å². The second-order valence-electron chi connectivity index (χ2n) is 4.98. The van der Waals surface area contributed by atoms with Crippen molar-refractivity contribution in [1.29, 1.82) is 0 Å². The van der Waals surface area contributed by atoms with Crippen LogP contribution < -0.4 is 4.90 Å². The number of nitro benzene ring substituents is 1. The molecule has 2 fully saturated rings. The summed E-state index contributed by atoms with van der Waals surface area (Å²) in [6.45, 7) is 2.67. The minimum absolute atomic E-state index is 0.128. The number of anilines is 1. The van der Waals surface area contributed by atoms with Gasteiger partial charge in [-0.15, -0.1) is 0 Å². The van der Waals surface area contributed by atoms with Gasteiger partial charge in [0.05, 0.1) is 18.1 Å². The lowest BCUT2D eigenvalue weighted by Gasteiger charge is -2.38. The molecule has 2 aliphatic heterocycles. The fourth-order valence-corrected chi connectivity index (χ4v) is 3.13. The molecule has 2 heterocycles. The highest BCUT2D eigenvalue weighted by atomic mass is 79.9. The lowest BCUT2D eigenvalue weighted by atomic mass is 10.0. The summed E-state index contributed by atoms with van der Waals surface area (Å²) in [5.74, 6) is -0.458. The van der Waals surface area contributed by atoms with Crippen molar-refractivity contribution in [3.05, 3.63) is 32.8 Å². The van der Waals surface area contributed by atoms with Gasteiger partial charge in [0, 0.05) is 36.5 Å². The molecule has 0 saturated carbocycles. The lowest BCUT2D eigenvalue weighted by Crippen LogP contribution is -2.45. The van der Waals surface area contributed by atoms with E-state index in [1.807, 2.05) is 11.0 Å². The average Bonchev–Trinajstić information content (AvgIpc) is 2.88. The van der Waals surface area contributed by atoms with E-state index in [0.29, 0.717) is 36.5 Å². The van der Waals surface area contributed by atoms with Gasteiger partial charge in [-0.25, -0.2) is 0 Å². The SMILES string of the molecule is O=[N+]([O-])c1cc(Br)ccc1N1CCC2(CC1)OCCO2. The van der Waals surface area contributed by atoms with E-state index in [2.05, 4.69) is 15.9 Å². The first kappa shape index (κ1) is 13.8. The molecule has 0 radical (unpaired) electrons. The first-order valence-electron chi connectivity index (χ1n) is 6.56. The molecule has 7 heteroatoms. The summed E-state index contributed by atoms with van der Waals surface area (Å²) in [6, 6.07) is 5.16. The molecule has 0 aliphatic carbocycles. The van der Waals surface area contributed by atoms with Crippen LogP contribution in [0.1, 0.15) is 12.8 Å². The minimum Gasteiger partial charge on any atom is -0.366 e. The molecule has 0 bridgehead atoms. The smallest absolute Gasteiger partial charge is 0.293 e. The topological polar surface area (TPSA) is 64.8 Å². The maximum absolute atomic E-state index is 11.2. The Morgan fingerprint density at radius 3 is 2.50 bits per heavy atom. The summed E-state index contributed by atoms with van der Waals surface area (Å²) in [5.41, 5.74) is 0.787. The fraction of sp³-hybridized carbons (Fsp3) is 0.538. The highest BCUT2D eigenvalue weighted by Gasteiger charge is 2.40. The predicted molar refractivity (Wildman–Crippen MR) is 76.9 cm³/mol. The molecule has 2 aliphatic rings. The van der Waals surface area contributed by atoms with Gasteiger partial charge in [-0.1, -0.05) is 15.9 Å². The molecule has 1 spiro atoms. The number of hydrogen-bond acceptors (Lipinski definition) is 5. The van der Waals surface area contributed by atoms with E-state index in [0.717, 1.165) is 12.8 Å². The van der Waals surface area contributed by atoms with Crippen molar-refractivity contribution < 1.29 is 14.4 Å². The van der Waals surface area contributed by atoms with Crippen LogP contribution in [-0.2, 0) is 9.47 Å². The molecule has 0 amide bonds. The van der Waals surface area contributed by atoms with E-state index in [1.54, 1.807) is 12.1 Å². The first-order valence-corrected chi connectivity index (χ1v) is 7.36. The number of hydrogen-bond donors (Lipinski definition) is 0. The third-order valence-electron chi connectivity index (χ3n) is 3.81. The van der Waals surface area contributed by atoms with E-state index in [1.165, 1.54) is 0 Å². The lowest BCUT2D eigenvalue weighted by molar-refractivity contribution is -0.384. The number of nitro groups is 1. The molecule has 1 aromatic carbocycles. The van der Waals surface area contributed by atoms with Crippen molar-refractivity contribution in [2.45, 2.75) is 18.6 Å². The third-order valence-corrected chi connectivity index (χ3v) is 4.31. The second kappa shape index (κ2) is 5.31. The number of rotatable bonds is 2. The molecule has 108 valence electrons. The van der Waals surface area contributed by atoms with E-state index < -0.39 is 5.79 Å². The van der Waals surface area contributed by atoms with Gasteiger partial charge >= 0.3 is 0 Å². The van der Waals surface area contributed by atoms with Crippen LogP contribution in [0.3, 0.4) is 0 Å². The second-order valence-corrected chi connectivity index (χ2v) is 5.90. The molecular weight excluding hydrogens is 328 g/mol. The van der Waals surface area contributed by atoms with Gasteiger partial charge in [-0.2, -0.15) is 0 Å². The quantitative estimate of drug-likeness (QED) is 0.610. The molecule has 6 nitrogen and oxygen atoms in total. The normalized spacial score (nSPS) is 21.4. The van der Waals surface area contributed by atoms with Crippen LogP contribution in [0.25, 0.3) is 0 Å². The van der Waals surface area contributed by atoms with Crippen molar-refractivity contribution in [3.8, 4) is 0 Å². The Kier molecular flexibility index (Phi) is 3.66. The van der Waals surface area contributed by atoms with Crippen LogP contribution >= 0.6 is 15.9 Å². The van der Waals surface area contributed by atoms with E-state index in [-0.39, 0.29) is 10.6 Å². The van der Waals surface area contributed by atoms with Gasteiger partial charge in [0.25, 0.3) is 5.69 Å². The van der Waals surface area contributed by atoms with Crippen LogP contribution in [0.2, 0.25) is 0 Å². The van der Waals surface area contributed by atoms with Crippen molar-refractivity contribution in [2.24, 2.45) is 0 Å². The Bertz CT molecular complexity index is 521. The zero-order chi connectivity index (χ0) is 14.2. The summed E-state index contributed by atoms with van der Waals surface area (Å²) >= 11 is 3.27. The van der Waals surface area contributed by atoms with Crippen LogP contribution in [0.4, 0.5) is 11.4 Å². The summed E-state index contributed by atoms with van der Waals surface area (Å²) in [6.07, 6.45) is 1.47. The zero-order valence-corrected chi connectivity index (χ0v) is 12.5. The number of benzene rings is 1. The van der Waals surface area contributed by atoms with Gasteiger partial charge in [-0.05, 0) is 12.1 Å². The van der Waals surface area contributed by atoms with Crippen LogP contribution in [0.15, 0.2) is 22.7 Å². The molecular formula is C13H15BrN2O4. The van der Waals surface area contributed by atoms with E-state index in [9.17, 15) is 10.1 Å². The van der Waals surface area contributed by atoms with Crippen molar-refractivity contribution in [2.75, 3.05) is 31.2 Å². The summed E-state index contributed by atoms with van der Waals surface area (Å²) in [4.78, 5) is 12.9. The monoisotopic (exact) mass is 342 g/mol. The zero-order valence-electron chi connectivity index (χ0n) is 10.9. The average molecular weight is 343 g/mol. The maximum atomic E-state index is 11.2. The van der Waals surface area contributed by atoms with E-state index >= 15 is 0 Å². The van der Waals surface area contributed by atoms with Crippen LogP contribution in [0, 0.1) is 10.1 Å². The summed E-state index contributed by atoms with van der Waals surface area (Å²) in [7, 11) is 0. The van der Waals surface area contributed by atoms with Crippen molar-refractivity contribution in [1.82, 2.24) is 0 Å². The molecule has 20 heavy (non-hydrogen) atoms. The van der Waals surface area contributed by atoms with Gasteiger partial charge in [0.1, 0.15) is 5.69 Å². The third kappa shape index (κ3) is 2.53. The molecule has 0 aromatic heterocycles. The summed E-state index contributed by atoms with van der Waals surface area (Å²) < 4.78 is 12.1. The maximum Gasteiger partial charge on any atom is 0.293 e. The molecule has 0 unspecified atom stereocenters. The molecule has 0 atom stereocenters. The Labute approximate surface area is 124 Å². The van der Waals surface area contributed by atoms with E-state index in [4.69, 9.17) is 9.47 Å². The van der Waals surface area contributed by atoms with Crippen molar-refractivity contribution >= 4 is 27.3 Å². The number of ether oxygens (including phenoxy) is 2. The Balaban J connectivity index is 1.79.